The minimum Gasteiger partial charge on any atom is -0.311 e. The molecule has 1 unspecified atom stereocenters. The van der Waals surface area contributed by atoms with E-state index in [1.807, 2.05) is 0 Å². The van der Waals surface area contributed by atoms with Crippen LogP contribution in [0.5, 0.6) is 0 Å². The van der Waals surface area contributed by atoms with E-state index in [0.717, 1.165) is 19.3 Å². The molecule has 0 fully saturated rings. The predicted molar refractivity (Wildman–Crippen MR) is 311 cm³/mol. The summed E-state index contributed by atoms with van der Waals surface area (Å²) in [5.41, 5.74) is 27.8. The Hall–Kier alpha value is -5.06. The van der Waals surface area contributed by atoms with E-state index in [9.17, 15) is 0 Å². The van der Waals surface area contributed by atoms with Crippen molar-refractivity contribution in [1.82, 2.24) is 0 Å². The third kappa shape index (κ3) is 6.63. The van der Waals surface area contributed by atoms with Crippen molar-refractivity contribution in [3.63, 3.8) is 0 Å². The molecule has 1 aromatic heterocycles. The molecule has 0 N–H and O–H groups in total. The number of aryl methyl sites for hydroxylation is 2. The van der Waals surface area contributed by atoms with Crippen molar-refractivity contribution in [3.8, 4) is 11.1 Å². The van der Waals surface area contributed by atoms with Gasteiger partial charge in [-0.1, -0.05) is 171 Å². The lowest BCUT2D eigenvalue weighted by atomic mass is 9.33. The van der Waals surface area contributed by atoms with E-state index in [2.05, 4.69) is 237 Å². The second-order valence-corrected chi connectivity index (χ2v) is 29.2. The summed E-state index contributed by atoms with van der Waals surface area (Å²) in [7, 11) is 0. The van der Waals surface area contributed by atoms with Gasteiger partial charge in [0.1, 0.15) is 0 Å². The molecule has 5 heterocycles. The maximum absolute atomic E-state index is 2.79. The molecule has 0 saturated heterocycles. The zero-order valence-electron chi connectivity index (χ0n) is 46.4. The van der Waals surface area contributed by atoms with Crippen LogP contribution in [-0.4, -0.2) is 6.71 Å². The Kier molecular flexibility index (Phi) is 9.65. The van der Waals surface area contributed by atoms with Gasteiger partial charge >= 0.3 is 0 Å². The number of hydrogen-bond donors (Lipinski definition) is 0. The molecule has 4 heteroatoms. The lowest BCUT2D eigenvalue weighted by Crippen LogP contribution is -2.62. The fourth-order valence-electron chi connectivity index (χ4n) is 14.0. The molecule has 6 aliphatic rings. The maximum atomic E-state index is 2.79. The lowest BCUT2D eigenvalue weighted by Gasteiger charge is -2.49. The van der Waals surface area contributed by atoms with Crippen LogP contribution >= 0.6 is 11.3 Å². The summed E-state index contributed by atoms with van der Waals surface area (Å²) in [4.78, 5) is 5.54. The zero-order chi connectivity index (χ0) is 50.7. The number of nitrogens with zero attached hydrogens (tertiary/aromatic N) is 2. The largest absolute Gasteiger partial charge is 0.311 e. The van der Waals surface area contributed by atoms with Crippen LogP contribution in [0.15, 0.2) is 91.0 Å². The van der Waals surface area contributed by atoms with Crippen molar-refractivity contribution in [2.75, 3.05) is 9.80 Å². The highest BCUT2D eigenvalue weighted by Gasteiger charge is 2.51. The van der Waals surface area contributed by atoms with Crippen LogP contribution < -0.4 is 26.2 Å². The second-order valence-electron chi connectivity index (χ2n) is 28.2. The summed E-state index contributed by atoms with van der Waals surface area (Å²) in [6.45, 7) is 43.9. The first-order valence-corrected chi connectivity index (χ1v) is 27.8. The van der Waals surface area contributed by atoms with Gasteiger partial charge in [0.25, 0.3) is 6.71 Å². The van der Waals surface area contributed by atoms with Crippen molar-refractivity contribution in [2.24, 2.45) is 0 Å². The van der Waals surface area contributed by atoms with Gasteiger partial charge in [0.2, 0.25) is 0 Å². The molecular weight excluding hydrogens is 876 g/mol. The number of anilines is 6. The molecule has 1 atom stereocenters. The van der Waals surface area contributed by atoms with E-state index in [0.29, 0.717) is 0 Å². The van der Waals surface area contributed by atoms with E-state index < -0.39 is 0 Å². The maximum Gasteiger partial charge on any atom is 0.254 e. The molecule has 4 aliphatic heterocycles. The smallest absolute Gasteiger partial charge is 0.254 e. The first-order chi connectivity index (χ1) is 33.0. The van der Waals surface area contributed by atoms with E-state index in [-0.39, 0.29) is 44.6 Å². The van der Waals surface area contributed by atoms with Crippen LogP contribution in [0.3, 0.4) is 0 Å². The normalized spacial score (nSPS) is 20.1. The van der Waals surface area contributed by atoms with Crippen LogP contribution in [0, 0.1) is 13.8 Å². The minimum atomic E-state index is -0.170. The third-order valence-corrected chi connectivity index (χ3v) is 19.9. The number of benzene rings is 6. The Balaban J connectivity index is 1.30. The van der Waals surface area contributed by atoms with Gasteiger partial charge in [0, 0.05) is 38.4 Å². The van der Waals surface area contributed by atoms with Crippen molar-refractivity contribution < 1.29 is 0 Å². The fourth-order valence-corrected chi connectivity index (χ4v) is 15.5. The van der Waals surface area contributed by atoms with E-state index in [1.165, 1.54) is 133 Å². The number of thiophene rings is 1. The highest BCUT2D eigenvalue weighted by molar-refractivity contribution is 7.27. The molecule has 2 nitrogen and oxygen atoms in total. The molecule has 0 amide bonds. The quantitative estimate of drug-likeness (QED) is 0.151. The molecule has 364 valence electrons. The van der Waals surface area contributed by atoms with Gasteiger partial charge in [-0.15, -0.1) is 11.3 Å². The van der Waals surface area contributed by atoms with Crippen molar-refractivity contribution >= 4 is 78.0 Å². The summed E-state index contributed by atoms with van der Waals surface area (Å²) >= 11 is 2.09. The summed E-state index contributed by atoms with van der Waals surface area (Å²) < 4.78 is 1.46. The average Bonchev–Trinajstić information content (AvgIpc) is 3.66. The van der Waals surface area contributed by atoms with E-state index in [4.69, 9.17) is 0 Å². The standard InChI is InChI=1S/C67H77BN2S/c1-38-31-52-56-53(32-38)70-57-39(2)33-42(62(6,7)8)35-45(57)40-19-24-47-49(34-40)65(14,15)29-30-67(47,18)50-37-43(63(9,10)11)36-46-55(60(70)71-59(46)50)68(56)51-26-25-48-54(66(16,17)28-27-64(48,12)13)58(51)69(52)44-22-20-41(21-23-44)61(3,4)5/h19-26,31-37H,27-30H2,1-18H3. The fraction of sp³-hybridized carbons (Fsp3) is 0.433. The highest BCUT2D eigenvalue weighted by atomic mass is 32.1. The number of hydrogen-bond acceptors (Lipinski definition) is 3. The van der Waals surface area contributed by atoms with Gasteiger partial charge in [-0.2, -0.15) is 0 Å². The van der Waals surface area contributed by atoms with E-state index >= 15 is 0 Å². The Bertz CT molecular complexity index is 3450. The van der Waals surface area contributed by atoms with Gasteiger partial charge in [0.15, 0.2) is 0 Å². The van der Waals surface area contributed by atoms with Crippen LogP contribution in [0.1, 0.15) is 192 Å². The Morgan fingerprint density at radius 2 is 1.10 bits per heavy atom. The minimum absolute atomic E-state index is 0.0262. The van der Waals surface area contributed by atoms with Gasteiger partial charge in [-0.25, -0.2) is 0 Å². The highest BCUT2D eigenvalue weighted by Crippen LogP contribution is 2.59. The molecule has 6 aromatic carbocycles. The van der Waals surface area contributed by atoms with Gasteiger partial charge in [0.05, 0.1) is 10.7 Å². The summed E-state index contributed by atoms with van der Waals surface area (Å²) in [5, 5.41) is 2.83. The lowest BCUT2D eigenvalue weighted by molar-refractivity contribution is 0.333. The van der Waals surface area contributed by atoms with Crippen molar-refractivity contribution in [1.29, 1.82) is 0 Å². The summed E-state index contributed by atoms with van der Waals surface area (Å²) in [5.74, 6) is 0. The third-order valence-electron chi connectivity index (χ3n) is 18.6. The van der Waals surface area contributed by atoms with Gasteiger partial charge in [-0.3, -0.25) is 0 Å². The number of rotatable bonds is 1. The van der Waals surface area contributed by atoms with E-state index in [1.54, 1.807) is 0 Å². The van der Waals surface area contributed by atoms with Crippen molar-refractivity contribution in [3.05, 3.63) is 147 Å². The molecular formula is C67H77BN2S. The predicted octanol–water partition coefficient (Wildman–Crippen LogP) is 17.2. The Labute approximate surface area is 431 Å². The monoisotopic (exact) mass is 953 g/mol. The molecule has 0 radical (unpaired) electrons. The molecule has 2 aliphatic carbocycles. The second kappa shape index (κ2) is 14.6. The molecule has 0 saturated carbocycles. The molecule has 0 spiro atoms. The molecule has 7 aromatic rings. The van der Waals surface area contributed by atoms with Crippen LogP contribution in [-0.2, 0) is 37.9 Å². The van der Waals surface area contributed by atoms with Crippen LogP contribution in [0.25, 0.3) is 21.2 Å². The first kappa shape index (κ1) is 47.0. The topological polar surface area (TPSA) is 6.48 Å². The SMILES string of the molecule is Cc1cc2c3c(c1)N1c4sc5c(cc(C(C)(C)C)cc5c4B3c3ccc4c(c3N2c2ccc(C(C)(C)C)cc2)C(C)(C)CCC4(C)C)C2(C)CCC(C)(C)c3cc(ccc32)-c2cc(C(C)(C)C)cc(C)c21. The van der Waals surface area contributed by atoms with Crippen LogP contribution in [0.2, 0.25) is 0 Å². The molecule has 13 rings (SSSR count). The Morgan fingerprint density at radius 3 is 1.76 bits per heavy atom. The zero-order valence-corrected chi connectivity index (χ0v) is 47.2. The number of fused-ring (bicyclic) bond motifs is 7. The average molecular weight is 953 g/mol. The molecule has 6 bridgehead atoms. The summed E-state index contributed by atoms with van der Waals surface area (Å²) in [6, 6.07) is 38.0. The van der Waals surface area contributed by atoms with Crippen molar-refractivity contribution in [2.45, 2.75) is 188 Å². The van der Waals surface area contributed by atoms with Gasteiger partial charge < -0.3 is 9.80 Å². The molecule has 71 heavy (non-hydrogen) atoms. The first-order valence-electron chi connectivity index (χ1n) is 27.0. The Morgan fingerprint density at radius 1 is 0.507 bits per heavy atom. The van der Waals surface area contributed by atoms with Gasteiger partial charge in [-0.05, 0) is 185 Å². The summed E-state index contributed by atoms with van der Waals surface area (Å²) in [6.07, 6.45) is 4.58. The van der Waals surface area contributed by atoms with Crippen LogP contribution in [0.4, 0.5) is 33.4 Å².